The first-order valence-corrected chi connectivity index (χ1v) is 9.54. The molecule has 1 amide bonds. The van der Waals surface area contributed by atoms with E-state index in [1.807, 2.05) is 0 Å². The highest BCUT2D eigenvalue weighted by molar-refractivity contribution is 6.31. The van der Waals surface area contributed by atoms with Gasteiger partial charge < -0.3 is 10.1 Å². The number of carbonyl (C=O) groups is 1. The van der Waals surface area contributed by atoms with Crippen LogP contribution in [-0.2, 0) is 28.3 Å². The quantitative estimate of drug-likeness (QED) is 0.524. The number of rotatable bonds is 7. The Morgan fingerprint density at radius 2 is 1.43 bits per heavy atom. The number of hydrogen-bond acceptors (Lipinski definition) is 2. The van der Waals surface area contributed by atoms with Crippen LogP contribution in [0.3, 0.4) is 0 Å². The Kier molecular flexibility index (Phi) is 6.80. The third-order valence-electron chi connectivity index (χ3n) is 4.59. The third kappa shape index (κ3) is 4.66. The number of halogens is 4. The van der Waals surface area contributed by atoms with Crippen LogP contribution >= 0.6 is 11.6 Å². The number of nitrogens with one attached hydrogen (secondary N) is 1. The van der Waals surface area contributed by atoms with Crippen LogP contribution < -0.4 is 5.32 Å². The van der Waals surface area contributed by atoms with E-state index in [1.54, 1.807) is 60.7 Å². The maximum Gasteiger partial charge on any atom is 0.430 e. The van der Waals surface area contributed by atoms with Gasteiger partial charge in [0.05, 0.1) is 6.61 Å². The van der Waals surface area contributed by atoms with Crippen molar-refractivity contribution in [2.24, 2.45) is 0 Å². The molecule has 0 heterocycles. The molecule has 3 aromatic rings. The van der Waals surface area contributed by atoms with Gasteiger partial charge in [0.2, 0.25) is 0 Å². The number of benzene rings is 3. The molecule has 0 spiro atoms. The molecular formula is C23H19ClF3NO2. The smallest absolute Gasteiger partial charge is 0.349 e. The highest BCUT2D eigenvalue weighted by Crippen LogP contribution is 2.43. The van der Waals surface area contributed by atoms with Gasteiger partial charge in [0.1, 0.15) is 0 Å². The zero-order valence-electron chi connectivity index (χ0n) is 15.8. The Bertz CT molecular complexity index is 980. The van der Waals surface area contributed by atoms with Crippen LogP contribution in [-0.4, -0.2) is 12.1 Å². The summed E-state index contributed by atoms with van der Waals surface area (Å²) in [7, 11) is 0. The molecule has 0 aromatic heterocycles. The highest BCUT2D eigenvalue weighted by atomic mass is 35.5. The lowest BCUT2D eigenvalue weighted by molar-refractivity contribution is -0.277. The molecule has 0 aliphatic carbocycles. The predicted octanol–water partition coefficient (Wildman–Crippen LogP) is 5.63. The van der Waals surface area contributed by atoms with Crippen molar-refractivity contribution in [1.29, 1.82) is 0 Å². The molecule has 0 fully saturated rings. The van der Waals surface area contributed by atoms with E-state index in [9.17, 15) is 18.0 Å². The van der Waals surface area contributed by atoms with E-state index in [4.69, 9.17) is 16.3 Å². The average Bonchev–Trinajstić information content (AvgIpc) is 2.74. The molecule has 0 radical (unpaired) electrons. The SMILES string of the molecule is O=C(NCc1ccccc1Cl)C(OCc1ccccc1)(c1ccccc1)C(F)(F)F. The van der Waals surface area contributed by atoms with Crippen molar-refractivity contribution in [3.63, 3.8) is 0 Å². The minimum atomic E-state index is -5.01. The van der Waals surface area contributed by atoms with Gasteiger partial charge in [-0.05, 0) is 17.2 Å². The zero-order chi connectivity index (χ0) is 21.6. The number of carbonyl (C=O) groups excluding carboxylic acids is 1. The van der Waals surface area contributed by atoms with Gasteiger partial charge in [-0.1, -0.05) is 90.5 Å². The van der Waals surface area contributed by atoms with E-state index in [1.165, 1.54) is 24.3 Å². The van der Waals surface area contributed by atoms with E-state index in [0.29, 0.717) is 16.1 Å². The molecule has 3 nitrogen and oxygen atoms in total. The Hall–Kier alpha value is -2.83. The summed E-state index contributed by atoms with van der Waals surface area (Å²) < 4.78 is 48.6. The summed E-state index contributed by atoms with van der Waals surface area (Å²) in [5.41, 5.74) is -2.46. The van der Waals surface area contributed by atoms with E-state index >= 15 is 0 Å². The second-order valence-electron chi connectivity index (χ2n) is 6.59. The predicted molar refractivity (Wildman–Crippen MR) is 109 cm³/mol. The first kappa shape index (κ1) is 21.9. The fourth-order valence-corrected chi connectivity index (χ4v) is 3.24. The average molecular weight is 434 g/mol. The lowest BCUT2D eigenvalue weighted by atomic mass is 9.91. The van der Waals surface area contributed by atoms with E-state index in [0.717, 1.165) is 0 Å². The maximum absolute atomic E-state index is 14.4. The van der Waals surface area contributed by atoms with Crippen LogP contribution in [0.5, 0.6) is 0 Å². The molecule has 7 heteroatoms. The van der Waals surface area contributed by atoms with Crippen molar-refractivity contribution in [2.45, 2.75) is 24.9 Å². The monoisotopic (exact) mass is 433 g/mol. The number of ether oxygens (including phenoxy) is 1. The molecule has 0 saturated carbocycles. The summed E-state index contributed by atoms with van der Waals surface area (Å²) in [6.45, 7) is -0.563. The van der Waals surface area contributed by atoms with Gasteiger partial charge in [-0.2, -0.15) is 13.2 Å². The van der Waals surface area contributed by atoms with Gasteiger partial charge in [0, 0.05) is 17.1 Å². The molecule has 0 saturated heterocycles. The van der Waals surface area contributed by atoms with Gasteiger partial charge in [-0.25, -0.2) is 0 Å². The molecule has 1 unspecified atom stereocenters. The van der Waals surface area contributed by atoms with Crippen molar-refractivity contribution < 1.29 is 22.7 Å². The van der Waals surface area contributed by atoms with Crippen molar-refractivity contribution in [1.82, 2.24) is 5.32 Å². The van der Waals surface area contributed by atoms with E-state index in [2.05, 4.69) is 5.32 Å². The topological polar surface area (TPSA) is 38.3 Å². The molecule has 1 N–H and O–H groups in total. The molecule has 0 bridgehead atoms. The van der Waals surface area contributed by atoms with E-state index in [-0.39, 0.29) is 12.1 Å². The molecule has 156 valence electrons. The third-order valence-corrected chi connectivity index (χ3v) is 4.96. The first-order chi connectivity index (χ1) is 14.3. The van der Waals surface area contributed by atoms with E-state index < -0.39 is 24.3 Å². The first-order valence-electron chi connectivity index (χ1n) is 9.16. The summed E-state index contributed by atoms with van der Waals surface area (Å²) in [5.74, 6) is -1.31. The summed E-state index contributed by atoms with van der Waals surface area (Å²) in [4.78, 5) is 13.0. The second kappa shape index (κ2) is 9.32. The highest BCUT2D eigenvalue weighted by Gasteiger charge is 2.63. The van der Waals surface area contributed by atoms with Crippen LogP contribution in [0.25, 0.3) is 0 Å². The largest absolute Gasteiger partial charge is 0.430 e. The molecule has 30 heavy (non-hydrogen) atoms. The lowest BCUT2D eigenvalue weighted by Gasteiger charge is -2.34. The Balaban J connectivity index is 1.96. The lowest BCUT2D eigenvalue weighted by Crippen LogP contribution is -2.56. The number of alkyl halides is 3. The molecule has 3 rings (SSSR count). The van der Waals surface area contributed by atoms with Crippen molar-refractivity contribution in [3.8, 4) is 0 Å². The van der Waals surface area contributed by atoms with Crippen LogP contribution in [0, 0.1) is 0 Å². The van der Waals surface area contributed by atoms with Crippen LogP contribution in [0.1, 0.15) is 16.7 Å². The van der Waals surface area contributed by atoms with Gasteiger partial charge >= 0.3 is 6.18 Å². The summed E-state index contributed by atoms with van der Waals surface area (Å²) >= 11 is 6.07. The standard InChI is InChI=1S/C23H19ClF3NO2/c24-20-14-8-7-11-18(20)15-28-21(29)22(23(25,26)27,19-12-5-2-6-13-19)30-16-17-9-3-1-4-10-17/h1-14H,15-16H2,(H,28,29). The van der Waals surface area contributed by atoms with Gasteiger partial charge in [0.25, 0.3) is 11.5 Å². The summed E-state index contributed by atoms with van der Waals surface area (Å²) in [5, 5.41) is 2.70. The van der Waals surface area contributed by atoms with Crippen LogP contribution in [0.15, 0.2) is 84.9 Å². The maximum atomic E-state index is 14.4. The fourth-order valence-electron chi connectivity index (χ4n) is 3.03. The Morgan fingerprint density at radius 1 is 0.867 bits per heavy atom. The normalized spacial score (nSPS) is 13.5. The Morgan fingerprint density at radius 3 is 2.03 bits per heavy atom. The van der Waals surface area contributed by atoms with Gasteiger partial charge in [-0.3, -0.25) is 4.79 Å². The molecule has 3 aromatic carbocycles. The van der Waals surface area contributed by atoms with Gasteiger partial charge in [0.15, 0.2) is 0 Å². The van der Waals surface area contributed by atoms with Crippen molar-refractivity contribution in [3.05, 3.63) is 107 Å². The minimum Gasteiger partial charge on any atom is -0.349 e. The molecule has 0 aliphatic heterocycles. The Labute approximate surface area is 177 Å². The fraction of sp³-hybridized carbons (Fsp3) is 0.174. The van der Waals surface area contributed by atoms with Crippen LogP contribution in [0.4, 0.5) is 13.2 Å². The number of hydrogen-bond donors (Lipinski definition) is 1. The second-order valence-corrected chi connectivity index (χ2v) is 7.00. The summed E-state index contributed by atoms with van der Waals surface area (Å²) in [6.07, 6.45) is -5.01. The van der Waals surface area contributed by atoms with Gasteiger partial charge in [-0.15, -0.1) is 0 Å². The van der Waals surface area contributed by atoms with Crippen LogP contribution in [0.2, 0.25) is 5.02 Å². The van der Waals surface area contributed by atoms with Crippen molar-refractivity contribution in [2.75, 3.05) is 0 Å². The number of amides is 1. The van der Waals surface area contributed by atoms with Crippen molar-refractivity contribution >= 4 is 17.5 Å². The molecule has 1 atom stereocenters. The summed E-state index contributed by atoms with van der Waals surface area (Å²) in [6, 6.07) is 21.9. The molecular weight excluding hydrogens is 415 g/mol. The molecule has 0 aliphatic rings. The minimum absolute atomic E-state index is 0.169. The zero-order valence-corrected chi connectivity index (χ0v) is 16.6.